The molecule has 2 aromatic rings. The molecule has 1 aliphatic rings. The molecule has 0 saturated carbocycles. The van der Waals surface area contributed by atoms with Gasteiger partial charge < -0.3 is 14.4 Å². The van der Waals surface area contributed by atoms with Crippen LogP contribution in [0, 0.1) is 6.92 Å². The Labute approximate surface area is 140 Å². The number of carbonyl (C=O) groups is 1. The van der Waals surface area contributed by atoms with E-state index in [1.165, 1.54) is 7.11 Å². The Morgan fingerprint density at radius 3 is 2.71 bits per heavy atom. The molecular weight excluding hydrogens is 308 g/mol. The number of nitrogens with zero attached hydrogens (tertiary/aromatic N) is 4. The topological polar surface area (TPSA) is 77.4 Å². The predicted octanol–water partition coefficient (Wildman–Crippen LogP) is 1.87. The summed E-state index contributed by atoms with van der Waals surface area (Å²) in [5, 5.41) is 0. The Balaban J connectivity index is 1.57. The fourth-order valence-corrected chi connectivity index (χ4v) is 2.72. The summed E-state index contributed by atoms with van der Waals surface area (Å²) in [6.07, 6.45) is 4.85. The first-order valence-corrected chi connectivity index (χ1v) is 7.92. The monoisotopic (exact) mass is 328 g/mol. The largest absolute Gasteiger partial charge is 0.474 e. The molecule has 0 N–H and O–H groups in total. The van der Waals surface area contributed by atoms with Crippen LogP contribution in [0.1, 0.15) is 28.9 Å². The van der Waals surface area contributed by atoms with E-state index in [1.807, 2.05) is 17.9 Å². The highest BCUT2D eigenvalue weighted by atomic mass is 16.5. The number of ether oxygens (including phenoxy) is 2. The molecule has 1 aliphatic heterocycles. The van der Waals surface area contributed by atoms with Gasteiger partial charge in [-0.1, -0.05) is 0 Å². The fraction of sp³-hybridized carbons (Fsp3) is 0.412. The quantitative estimate of drug-likeness (QED) is 0.853. The number of methoxy groups -OCH3 is 1. The van der Waals surface area contributed by atoms with Crippen LogP contribution >= 0.6 is 0 Å². The lowest BCUT2D eigenvalue weighted by atomic mass is 10.1. The van der Waals surface area contributed by atoms with Gasteiger partial charge in [0.05, 0.1) is 12.7 Å². The van der Waals surface area contributed by atoms with Crippen molar-refractivity contribution in [3.63, 3.8) is 0 Å². The first kappa shape index (κ1) is 16.2. The number of piperidine rings is 1. The molecule has 0 aromatic carbocycles. The van der Waals surface area contributed by atoms with Crippen LogP contribution in [0.4, 0.5) is 0 Å². The van der Waals surface area contributed by atoms with Crippen LogP contribution in [-0.2, 0) is 0 Å². The third-order valence-corrected chi connectivity index (χ3v) is 4.04. The van der Waals surface area contributed by atoms with E-state index in [0.29, 0.717) is 24.5 Å². The first-order valence-electron chi connectivity index (χ1n) is 7.92. The van der Waals surface area contributed by atoms with Crippen molar-refractivity contribution in [3.8, 4) is 11.9 Å². The van der Waals surface area contributed by atoms with Crippen molar-refractivity contribution in [2.24, 2.45) is 0 Å². The average Bonchev–Trinajstić information content (AvgIpc) is 2.62. The molecule has 24 heavy (non-hydrogen) atoms. The predicted molar refractivity (Wildman–Crippen MR) is 87.1 cm³/mol. The van der Waals surface area contributed by atoms with E-state index >= 15 is 0 Å². The van der Waals surface area contributed by atoms with E-state index in [9.17, 15) is 4.79 Å². The van der Waals surface area contributed by atoms with Gasteiger partial charge in [0.15, 0.2) is 0 Å². The zero-order chi connectivity index (χ0) is 16.9. The van der Waals surface area contributed by atoms with E-state index in [-0.39, 0.29) is 18.0 Å². The molecule has 0 unspecified atom stereocenters. The number of aromatic nitrogens is 3. The van der Waals surface area contributed by atoms with E-state index in [0.717, 1.165) is 18.5 Å². The molecule has 1 saturated heterocycles. The number of hydrogen-bond donors (Lipinski definition) is 0. The standard InChI is InChI=1S/C17H20N4O3/c1-12-14(4-3-8-18-12)16(22)21-10-6-13(7-11-21)24-15-5-9-19-17(20-15)23-2/h3-5,8-9,13H,6-7,10-11H2,1-2H3. The summed E-state index contributed by atoms with van der Waals surface area (Å²) < 4.78 is 10.9. The molecule has 7 heteroatoms. The number of amides is 1. The molecule has 0 spiro atoms. The van der Waals surface area contributed by atoms with Crippen molar-refractivity contribution >= 4 is 5.91 Å². The summed E-state index contributed by atoms with van der Waals surface area (Å²) in [7, 11) is 1.52. The SMILES string of the molecule is COc1nccc(OC2CCN(C(=O)c3cccnc3C)CC2)n1. The maximum absolute atomic E-state index is 12.6. The third kappa shape index (κ3) is 3.61. The molecule has 3 heterocycles. The van der Waals surface area contributed by atoms with Gasteiger partial charge in [-0.15, -0.1) is 0 Å². The minimum absolute atomic E-state index is 0.0303. The van der Waals surface area contributed by atoms with E-state index in [2.05, 4.69) is 15.0 Å². The summed E-state index contributed by atoms with van der Waals surface area (Å²) >= 11 is 0. The number of aryl methyl sites for hydroxylation is 1. The highest BCUT2D eigenvalue weighted by molar-refractivity contribution is 5.95. The zero-order valence-electron chi connectivity index (χ0n) is 13.8. The van der Waals surface area contributed by atoms with Gasteiger partial charge in [0, 0.05) is 50.1 Å². The molecule has 7 nitrogen and oxygen atoms in total. The van der Waals surface area contributed by atoms with Crippen LogP contribution in [0.5, 0.6) is 11.9 Å². The van der Waals surface area contributed by atoms with Crippen molar-refractivity contribution < 1.29 is 14.3 Å². The van der Waals surface area contributed by atoms with E-state index < -0.39 is 0 Å². The van der Waals surface area contributed by atoms with Crippen molar-refractivity contribution in [1.82, 2.24) is 19.9 Å². The zero-order valence-corrected chi connectivity index (χ0v) is 13.8. The minimum Gasteiger partial charge on any atom is -0.474 e. The molecule has 126 valence electrons. The first-order chi connectivity index (χ1) is 11.7. The number of pyridine rings is 1. The van der Waals surface area contributed by atoms with Gasteiger partial charge in [0.25, 0.3) is 5.91 Å². The lowest BCUT2D eigenvalue weighted by molar-refractivity contribution is 0.0585. The number of hydrogen-bond acceptors (Lipinski definition) is 6. The van der Waals surface area contributed by atoms with Gasteiger partial charge >= 0.3 is 6.01 Å². The molecular formula is C17H20N4O3. The maximum Gasteiger partial charge on any atom is 0.319 e. The van der Waals surface area contributed by atoms with Crippen molar-refractivity contribution in [2.45, 2.75) is 25.9 Å². The number of carbonyl (C=O) groups excluding carboxylic acids is 1. The molecule has 0 radical (unpaired) electrons. The number of rotatable bonds is 4. The van der Waals surface area contributed by atoms with Crippen LogP contribution < -0.4 is 9.47 Å². The second-order valence-electron chi connectivity index (χ2n) is 5.63. The fourth-order valence-electron chi connectivity index (χ4n) is 2.72. The van der Waals surface area contributed by atoms with Crippen molar-refractivity contribution in [3.05, 3.63) is 41.9 Å². The van der Waals surface area contributed by atoms with E-state index in [1.54, 1.807) is 24.5 Å². The Hall–Kier alpha value is -2.70. The Bertz CT molecular complexity index is 714. The van der Waals surface area contributed by atoms with Crippen LogP contribution in [0.3, 0.4) is 0 Å². The highest BCUT2D eigenvalue weighted by Gasteiger charge is 2.26. The van der Waals surface area contributed by atoms with Gasteiger partial charge in [-0.25, -0.2) is 4.98 Å². The minimum atomic E-state index is 0.0303. The summed E-state index contributed by atoms with van der Waals surface area (Å²) in [4.78, 5) is 26.7. The summed E-state index contributed by atoms with van der Waals surface area (Å²) in [5.74, 6) is 0.525. The van der Waals surface area contributed by atoms with E-state index in [4.69, 9.17) is 9.47 Å². The molecule has 0 aliphatic carbocycles. The van der Waals surface area contributed by atoms with Gasteiger partial charge in [0.2, 0.25) is 5.88 Å². The van der Waals surface area contributed by atoms with Crippen LogP contribution in [-0.4, -0.2) is 52.1 Å². The summed E-state index contributed by atoms with van der Waals surface area (Å²) in [6.45, 7) is 3.16. The molecule has 3 rings (SSSR count). The van der Waals surface area contributed by atoms with Crippen LogP contribution in [0.15, 0.2) is 30.6 Å². The van der Waals surface area contributed by atoms with Crippen molar-refractivity contribution in [1.29, 1.82) is 0 Å². The van der Waals surface area contributed by atoms with Crippen LogP contribution in [0.2, 0.25) is 0 Å². The maximum atomic E-state index is 12.6. The Morgan fingerprint density at radius 1 is 1.21 bits per heavy atom. The average molecular weight is 328 g/mol. The highest BCUT2D eigenvalue weighted by Crippen LogP contribution is 2.20. The second-order valence-corrected chi connectivity index (χ2v) is 5.63. The lowest BCUT2D eigenvalue weighted by Crippen LogP contribution is -2.42. The van der Waals surface area contributed by atoms with Gasteiger partial charge in [-0.3, -0.25) is 9.78 Å². The lowest BCUT2D eigenvalue weighted by Gasteiger charge is -2.32. The normalized spacial score (nSPS) is 15.2. The third-order valence-electron chi connectivity index (χ3n) is 4.04. The van der Waals surface area contributed by atoms with Gasteiger partial charge in [-0.05, 0) is 19.1 Å². The van der Waals surface area contributed by atoms with Crippen LogP contribution in [0.25, 0.3) is 0 Å². The smallest absolute Gasteiger partial charge is 0.319 e. The summed E-state index contributed by atoms with van der Waals surface area (Å²) in [6, 6.07) is 5.60. The molecule has 1 amide bonds. The number of likely N-dealkylation sites (tertiary alicyclic amines) is 1. The second kappa shape index (κ2) is 7.25. The van der Waals surface area contributed by atoms with Gasteiger partial charge in [-0.2, -0.15) is 4.98 Å². The van der Waals surface area contributed by atoms with Gasteiger partial charge in [0.1, 0.15) is 6.10 Å². The molecule has 0 bridgehead atoms. The molecule has 2 aromatic heterocycles. The molecule has 0 atom stereocenters. The molecule has 1 fully saturated rings. The Morgan fingerprint density at radius 2 is 2.00 bits per heavy atom. The van der Waals surface area contributed by atoms with Crippen molar-refractivity contribution in [2.75, 3.05) is 20.2 Å². The Kier molecular flexibility index (Phi) is 4.88. The summed E-state index contributed by atoms with van der Waals surface area (Å²) in [5.41, 5.74) is 1.42.